The molecule has 1 amide bonds. The van der Waals surface area contributed by atoms with Gasteiger partial charge in [-0.1, -0.05) is 0 Å². The Morgan fingerprint density at radius 1 is 1.42 bits per heavy atom. The quantitative estimate of drug-likeness (QED) is 0.745. The maximum atomic E-state index is 11.4. The van der Waals surface area contributed by atoms with Crippen molar-refractivity contribution in [3.63, 3.8) is 0 Å². The highest BCUT2D eigenvalue weighted by atomic mass is 16.4. The first-order chi connectivity index (χ1) is 9.15. The van der Waals surface area contributed by atoms with Crippen LogP contribution in [0.3, 0.4) is 0 Å². The minimum atomic E-state index is -1.11. The first kappa shape index (κ1) is 13.3. The maximum absolute atomic E-state index is 11.4. The van der Waals surface area contributed by atoms with Gasteiger partial charge in [0.2, 0.25) is 11.9 Å². The van der Waals surface area contributed by atoms with Gasteiger partial charge in [-0.3, -0.25) is 9.59 Å². The number of nitrogens with one attached hydrogen (secondary N) is 1. The molecule has 0 aliphatic carbocycles. The molecule has 0 radical (unpaired) electrons. The van der Waals surface area contributed by atoms with Crippen LogP contribution >= 0.6 is 0 Å². The van der Waals surface area contributed by atoms with Crippen LogP contribution in [0.1, 0.15) is 19.3 Å². The number of carbonyl (C=O) groups is 2. The van der Waals surface area contributed by atoms with Crippen molar-refractivity contribution in [1.82, 2.24) is 15.3 Å². The van der Waals surface area contributed by atoms with Crippen LogP contribution in [-0.4, -0.2) is 46.1 Å². The monoisotopic (exact) mass is 264 g/mol. The number of rotatable bonds is 4. The lowest BCUT2D eigenvalue weighted by Gasteiger charge is -2.32. The normalized spacial score (nSPS) is 18.9. The fourth-order valence-electron chi connectivity index (χ4n) is 2.15. The van der Waals surface area contributed by atoms with Gasteiger partial charge in [0.05, 0.1) is 0 Å². The third kappa shape index (κ3) is 3.90. The Labute approximate surface area is 110 Å². The second kappa shape index (κ2) is 6.12. The summed E-state index contributed by atoms with van der Waals surface area (Å²) in [4.78, 5) is 32.2. The molecule has 0 saturated carbocycles. The summed E-state index contributed by atoms with van der Waals surface area (Å²) < 4.78 is 0. The zero-order valence-electron chi connectivity index (χ0n) is 10.5. The highest BCUT2D eigenvalue weighted by Gasteiger charge is 2.23. The average molecular weight is 264 g/mol. The third-order valence-electron chi connectivity index (χ3n) is 2.93. The van der Waals surface area contributed by atoms with E-state index in [0.29, 0.717) is 12.5 Å². The predicted molar refractivity (Wildman–Crippen MR) is 67.7 cm³/mol. The lowest BCUT2D eigenvalue weighted by molar-refractivity contribution is -0.140. The van der Waals surface area contributed by atoms with Crippen molar-refractivity contribution >= 4 is 17.8 Å². The van der Waals surface area contributed by atoms with Gasteiger partial charge in [-0.05, 0) is 18.9 Å². The van der Waals surface area contributed by atoms with Crippen LogP contribution < -0.4 is 10.2 Å². The third-order valence-corrected chi connectivity index (χ3v) is 2.93. The first-order valence-electron chi connectivity index (χ1n) is 6.18. The molecule has 19 heavy (non-hydrogen) atoms. The average Bonchev–Trinajstić information content (AvgIpc) is 2.39. The van der Waals surface area contributed by atoms with E-state index >= 15 is 0 Å². The van der Waals surface area contributed by atoms with Crippen LogP contribution in [0.2, 0.25) is 0 Å². The van der Waals surface area contributed by atoms with E-state index < -0.39 is 18.3 Å². The summed E-state index contributed by atoms with van der Waals surface area (Å²) in [5.41, 5.74) is 0. The first-order valence-corrected chi connectivity index (χ1v) is 6.18. The van der Waals surface area contributed by atoms with Crippen molar-refractivity contribution in [3.05, 3.63) is 18.5 Å². The second-order valence-electron chi connectivity index (χ2n) is 4.47. The van der Waals surface area contributed by atoms with E-state index in [-0.39, 0.29) is 6.04 Å². The van der Waals surface area contributed by atoms with E-state index in [9.17, 15) is 9.59 Å². The number of nitrogens with zero attached hydrogens (tertiary/aromatic N) is 3. The largest absolute Gasteiger partial charge is 0.481 e. The Morgan fingerprint density at radius 2 is 2.16 bits per heavy atom. The summed E-state index contributed by atoms with van der Waals surface area (Å²) in [6.07, 6.45) is 4.62. The minimum absolute atomic E-state index is 0.0515. The molecule has 1 atom stereocenters. The highest BCUT2D eigenvalue weighted by molar-refractivity contribution is 5.93. The number of carboxylic acid groups (broad SMARTS) is 1. The Balaban J connectivity index is 1.90. The molecule has 0 aromatic carbocycles. The highest BCUT2D eigenvalue weighted by Crippen LogP contribution is 2.15. The smallest absolute Gasteiger partial charge is 0.312 e. The Bertz CT molecular complexity index is 452. The number of anilines is 1. The molecule has 2 heterocycles. The number of hydrogen-bond acceptors (Lipinski definition) is 5. The van der Waals surface area contributed by atoms with Crippen molar-refractivity contribution < 1.29 is 14.7 Å². The molecule has 1 aromatic rings. The van der Waals surface area contributed by atoms with Crippen molar-refractivity contribution in [2.75, 3.05) is 18.0 Å². The molecule has 7 nitrogen and oxygen atoms in total. The lowest BCUT2D eigenvalue weighted by Crippen LogP contribution is -2.48. The fraction of sp³-hybridized carbons (Fsp3) is 0.500. The van der Waals surface area contributed by atoms with Crippen LogP contribution in [0.4, 0.5) is 5.95 Å². The number of amides is 1. The van der Waals surface area contributed by atoms with Gasteiger partial charge >= 0.3 is 5.97 Å². The van der Waals surface area contributed by atoms with Gasteiger partial charge in [0, 0.05) is 31.5 Å². The molecule has 1 unspecified atom stereocenters. The number of piperidine rings is 1. The van der Waals surface area contributed by atoms with E-state index in [1.807, 2.05) is 4.90 Å². The number of aromatic nitrogens is 2. The van der Waals surface area contributed by atoms with Crippen molar-refractivity contribution in [3.8, 4) is 0 Å². The molecular weight excluding hydrogens is 248 g/mol. The van der Waals surface area contributed by atoms with Crippen LogP contribution in [0.5, 0.6) is 0 Å². The molecule has 0 spiro atoms. The number of aliphatic carboxylic acids is 1. The second-order valence-corrected chi connectivity index (χ2v) is 4.47. The molecule has 2 N–H and O–H groups in total. The lowest BCUT2D eigenvalue weighted by atomic mass is 10.1. The maximum Gasteiger partial charge on any atom is 0.312 e. The summed E-state index contributed by atoms with van der Waals surface area (Å²) in [6.45, 7) is 1.45. The number of hydrogen-bond donors (Lipinski definition) is 2. The van der Waals surface area contributed by atoms with Gasteiger partial charge in [-0.15, -0.1) is 0 Å². The summed E-state index contributed by atoms with van der Waals surface area (Å²) in [7, 11) is 0. The molecule has 102 valence electrons. The van der Waals surface area contributed by atoms with Gasteiger partial charge in [0.1, 0.15) is 6.42 Å². The summed E-state index contributed by atoms with van der Waals surface area (Å²) in [6, 6.07) is 1.70. The summed E-state index contributed by atoms with van der Waals surface area (Å²) >= 11 is 0. The van der Waals surface area contributed by atoms with Crippen molar-refractivity contribution in [2.45, 2.75) is 25.3 Å². The molecule has 1 aliphatic rings. The van der Waals surface area contributed by atoms with Crippen molar-refractivity contribution in [2.24, 2.45) is 0 Å². The molecule has 1 fully saturated rings. The van der Waals surface area contributed by atoms with Gasteiger partial charge in [0.15, 0.2) is 0 Å². The molecule has 1 aromatic heterocycles. The standard InChI is InChI=1S/C12H16N4O3/c17-10(7-11(18)19)15-9-3-1-6-16(8-9)12-13-4-2-5-14-12/h2,4-5,9H,1,3,6-8H2,(H,15,17)(H,18,19). The Morgan fingerprint density at radius 3 is 2.84 bits per heavy atom. The van der Waals surface area contributed by atoms with E-state index in [2.05, 4.69) is 15.3 Å². The number of carbonyl (C=O) groups excluding carboxylic acids is 1. The van der Waals surface area contributed by atoms with Gasteiger partial charge in [0.25, 0.3) is 0 Å². The molecule has 1 aliphatic heterocycles. The molecule has 7 heteroatoms. The molecular formula is C12H16N4O3. The molecule has 0 bridgehead atoms. The summed E-state index contributed by atoms with van der Waals surface area (Å²) in [5, 5.41) is 11.3. The van der Waals surface area contributed by atoms with Crippen LogP contribution in [0.25, 0.3) is 0 Å². The predicted octanol–water partition coefficient (Wildman–Crippen LogP) is 0.0363. The van der Waals surface area contributed by atoms with Crippen LogP contribution in [0, 0.1) is 0 Å². The Hall–Kier alpha value is -2.18. The molecule has 1 saturated heterocycles. The minimum Gasteiger partial charge on any atom is -0.481 e. The van der Waals surface area contributed by atoms with E-state index in [0.717, 1.165) is 19.4 Å². The van der Waals surface area contributed by atoms with Crippen LogP contribution in [0.15, 0.2) is 18.5 Å². The molecule has 2 rings (SSSR count). The van der Waals surface area contributed by atoms with E-state index in [4.69, 9.17) is 5.11 Å². The Kier molecular flexibility index (Phi) is 4.27. The van der Waals surface area contributed by atoms with E-state index in [1.165, 1.54) is 0 Å². The fourth-order valence-corrected chi connectivity index (χ4v) is 2.15. The van der Waals surface area contributed by atoms with Gasteiger partial charge < -0.3 is 15.3 Å². The van der Waals surface area contributed by atoms with Crippen molar-refractivity contribution in [1.29, 1.82) is 0 Å². The number of carboxylic acids is 1. The zero-order chi connectivity index (χ0) is 13.7. The van der Waals surface area contributed by atoms with Gasteiger partial charge in [-0.25, -0.2) is 9.97 Å². The summed E-state index contributed by atoms with van der Waals surface area (Å²) in [5.74, 6) is -0.926. The van der Waals surface area contributed by atoms with Gasteiger partial charge in [-0.2, -0.15) is 0 Å². The SMILES string of the molecule is O=C(O)CC(=O)NC1CCCN(c2ncccn2)C1. The van der Waals surface area contributed by atoms with Crippen LogP contribution in [-0.2, 0) is 9.59 Å². The zero-order valence-corrected chi connectivity index (χ0v) is 10.5. The van der Waals surface area contributed by atoms with E-state index in [1.54, 1.807) is 18.5 Å². The topological polar surface area (TPSA) is 95.4 Å².